The van der Waals surface area contributed by atoms with E-state index in [0.29, 0.717) is 30.9 Å². The first kappa shape index (κ1) is 18.5. The molecule has 0 aromatic carbocycles. The van der Waals surface area contributed by atoms with Gasteiger partial charge in [-0.25, -0.2) is 17.5 Å². The smallest absolute Gasteiger partial charge is 0.337 e. The van der Waals surface area contributed by atoms with Gasteiger partial charge in [0.05, 0.1) is 11.8 Å². The Kier molecular flexibility index (Phi) is 5.34. The molecule has 1 aliphatic rings. The number of nitrogens with one attached hydrogen (secondary N) is 2. The third kappa shape index (κ3) is 3.96. The molecule has 0 radical (unpaired) electrons. The highest BCUT2D eigenvalue weighted by atomic mass is 32.2. The van der Waals surface area contributed by atoms with Crippen molar-refractivity contribution < 1.29 is 23.1 Å². The summed E-state index contributed by atoms with van der Waals surface area (Å²) in [6, 6.07) is 0. The number of carboxylic acids is 1. The first-order chi connectivity index (χ1) is 11.1. The van der Waals surface area contributed by atoms with Crippen LogP contribution in [0.25, 0.3) is 0 Å². The van der Waals surface area contributed by atoms with Crippen LogP contribution in [0.3, 0.4) is 0 Å². The van der Waals surface area contributed by atoms with Crippen molar-refractivity contribution in [1.82, 2.24) is 14.6 Å². The molecule has 134 valence electrons. The number of aromatic amines is 1. The van der Waals surface area contributed by atoms with E-state index >= 15 is 0 Å². The lowest BCUT2D eigenvalue weighted by Crippen LogP contribution is -2.43. The minimum absolute atomic E-state index is 0.0488. The van der Waals surface area contributed by atoms with Gasteiger partial charge in [0.15, 0.2) is 0 Å². The number of piperidine rings is 1. The second-order valence-corrected chi connectivity index (χ2v) is 8.25. The topological polar surface area (TPSA) is 120 Å². The van der Waals surface area contributed by atoms with Gasteiger partial charge in [0, 0.05) is 25.3 Å². The second kappa shape index (κ2) is 6.94. The molecule has 1 amide bonds. The molecule has 9 heteroatoms. The number of aryl methyl sites for hydroxylation is 1. The lowest BCUT2D eigenvalue weighted by atomic mass is 9.99. The number of hydrogen-bond donors (Lipinski definition) is 3. The Morgan fingerprint density at radius 2 is 2.04 bits per heavy atom. The zero-order valence-electron chi connectivity index (χ0n) is 14.0. The highest BCUT2D eigenvalue weighted by Gasteiger charge is 2.27. The van der Waals surface area contributed by atoms with Crippen LogP contribution < -0.4 is 5.32 Å². The molecule has 24 heavy (non-hydrogen) atoms. The molecule has 2 rings (SSSR count). The third-order valence-electron chi connectivity index (χ3n) is 4.38. The van der Waals surface area contributed by atoms with Crippen LogP contribution in [-0.4, -0.2) is 60.6 Å². The fraction of sp³-hybridized carbons (Fsp3) is 0.600. The maximum atomic E-state index is 12.3. The molecule has 0 unspecified atom stereocenters. The number of amides is 1. The van der Waals surface area contributed by atoms with E-state index in [2.05, 4.69) is 10.3 Å². The van der Waals surface area contributed by atoms with Gasteiger partial charge in [-0.15, -0.1) is 0 Å². The van der Waals surface area contributed by atoms with Crippen molar-refractivity contribution in [2.75, 3.05) is 25.9 Å². The summed E-state index contributed by atoms with van der Waals surface area (Å²) in [5.74, 6) is -1.40. The molecule has 1 aromatic rings. The van der Waals surface area contributed by atoms with Crippen LogP contribution in [0.15, 0.2) is 0 Å². The van der Waals surface area contributed by atoms with Gasteiger partial charge in [-0.3, -0.25) is 4.79 Å². The standard InChI is InChI=1S/C15H23N3O5S/c1-9-12(15(20)21)10(2)17-13(9)14(19)16-7-11-5-4-6-18(8-11)24(3,22)23/h11,17H,4-8H2,1-3H3,(H,16,19)(H,20,21)/t11-/m1/s1. The number of carbonyl (C=O) groups is 2. The van der Waals surface area contributed by atoms with Crippen LogP contribution in [0.2, 0.25) is 0 Å². The lowest BCUT2D eigenvalue weighted by molar-refractivity contribution is 0.0695. The number of aromatic carboxylic acids is 1. The Hall–Kier alpha value is -1.87. The van der Waals surface area contributed by atoms with Crippen LogP contribution in [0, 0.1) is 19.8 Å². The van der Waals surface area contributed by atoms with Crippen LogP contribution in [0.1, 0.15) is 44.9 Å². The van der Waals surface area contributed by atoms with Crippen molar-refractivity contribution in [3.63, 3.8) is 0 Å². The first-order valence-corrected chi connectivity index (χ1v) is 9.62. The number of hydrogen-bond acceptors (Lipinski definition) is 4. The lowest BCUT2D eigenvalue weighted by Gasteiger charge is -2.30. The molecule has 3 N–H and O–H groups in total. The summed E-state index contributed by atoms with van der Waals surface area (Å²) < 4.78 is 24.7. The summed E-state index contributed by atoms with van der Waals surface area (Å²) in [5, 5.41) is 11.9. The summed E-state index contributed by atoms with van der Waals surface area (Å²) in [6.07, 6.45) is 2.79. The molecule has 1 atom stereocenters. The number of carboxylic acid groups (broad SMARTS) is 1. The van der Waals surface area contributed by atoms with Crippen molar-refractivity contribution >= 4 is 21.9 Å². The minimum atomic E-state index is -3.22. The minimum Gasteiger partial charge on any atom is -0.478 e. The Morgan fingerprint density at radius 1 is 1.38 bits per heavy atom. The number of rotatable bonds is 5. The number of H-pyrrole nitrogens is 1. The van der Waals surface area contributed by atoms with Gasteiger partial charge in [0.1, 0.15) is 5.69 Å². The molecule has 2 heterocycles. The normalized spacial score (nSPS) is 19.2. The molecule has 8 nitrogen and oxygen atoms in total. The maximum absolute atomic E-state index is 12.3. The van der Waals surface area contributed by atoms with E-state index in [9.17, 15) is 18.0 Å². The summed E-state index contributed by atoms with van der Waals surface area (Å²) in [4.78, 5) is 26.3. The highest BCUT2D eigenvalue weighted by molar-refractivity contribution is 7.88. The van der Waals surface area contributed by atoms with Gasteiger partial charge < -0.3 is 15.4 Å². The fourth-order valence-electron chi connectivity index (χ4n) is 3.12. The maximum Gasteiger partial charge on any atom is 0.337 e. The number of carbonyl (C=O) groups excluding carboxylic acids is 1. The van der Waals surface area contributed by atoms with Crippen LogP contribution in [-0.2, 0) is 10.0 Å². The molecule has 1 aromatic heterocycles. The van der Waals surface area contributed by atoms with Gasteiger partial charge in [-0.05, 0) is 38.2 Å². The Bertz CT molecular complexity index is 753. The zero-order chi connectivity index (χ0) is 18.1. The van der Waals surface area contributed by atoms with E-state index in [0.717, 1.165) is 12.8 Å². The number of aromatic nitrogens is 1. The summed E-state index contributed by atoms with van der Waals surface area (Å²) >= 11 is 0. The molecule has 1 fully saturated rings. The van der Waals surface area contributed by atoms with Gasteiger partial charge in [-0.2, -0.15) is 0 Å². The summed E-state index contributed by atoms with van der Waals surface area (Å²) in [6.45, 7) is 4.46. The molecule has 1 saturated heterocycles. The summed E-state index contributed by atoms with van der Waals surface area (Å²) in [5.41, 5.74) is 1.19. The van der Waals surface area contributed by atoms with E-state index < -0.39 is 16.0 Å². The highest BCUT2D eigenvalue weighted by Crippen LogP contribution is 2.20. The van der Waals surface area contributed by atoms with Crippen molar-refractivity contribution in [1.29, 1.82) is 0 Å². The van der Waals surface area contributed by atoms with Crippen LogP contribution >= 0.6 is 0 Å². The Balaban J connectivity index is 2.01. The first-order valence-electron chi connectivity index (χ1n) is 7.77. The average molecular weight is 357 g/mol. The van der Waals surface area contributed by atoms with Gasteiger partial charge in [-0.1, -0.05) is 0 Å². The SMILES string of the molecule is Cc1[nH]c(C(=O)NC[C@H]2CCCN(S(C)(=O)=O)C2)c(C)c1C(=O)O. The summed E-state index contributed by atoms with van der Waals surface area (Å²) in [7, 11) is -3.22. The predicted molar refractivity (Wildman–Crippen MR) is 88.7 cm³/mol. The van der Waals surface area contributed by atoms with Crippen molar-refractivity contribution in [2.45, 2.75) is 26.7 Å². The molecule has 0 bridgehead atoms. The molecule has 0 saturated carbocycles. The van der Waals surface area contributed by atoms with E-state index in [4.69, 9.17) is 5.11 Å². The Labute approximate surface area is 141 Å². The third-order valence-corrected chi connectivity index (χ3v) is 5.65. The van der Waals surface area contributed by atoms with Gasteiger partial charge >= 0.3 is 5.97 Å². The molecular formula is C15H23N3O5S. The quantitative estimate of drug-likeness (QED) is 0.718. The molecule has 1 aliphatic heterocycles. The monoisotopic (exact) mass is 357 g/mol. The van der Waals surface area contributed by atoms with Gasteiger partial charge in [0.2, 0.25) is 10.0 Å². The van der Waals surface area contributed by atoms with Crippen molar-refractivity contribution in [3.8, 4) is 0 Å². The second-order valence-electron chi connectivity index (χ2n) is 6.27. The van der Waals surface area contributed by atoms with Gasteiger partial charge in [0.25, 0.3) is 5.91 Å². The van der Waals surface area contributed by atoms with Crippen molar-refractivity contribution in [2.24, 2.45) is 5.92 Å². The molecule has 0 aliphatic carbocycles. The number of nitrogens with zero attached hydrogens (tertiary/aromatic N) is 1. The van der Waals surface area contributed by atoms with E-state index in [-0.39, 0.29) is 23.1 Å². The largest absolute Gasteiger partial charge is 0.478 e. The predicted octanol–water partition coefficient (Wildman–Crippen LogP) is 0.731. The van der Waals surface area contributed by atoms with E-state index in [1.165, 1.54) is 10.6 Å². The zero-order valence-corrected chi connectivity index (χ0v) is 14.9. The molecular weight excluding hydrogens is 334 g/mol. The average Bonchev–Trinajstić information content (AvgIpc) is 2.79. The Morgan fingerprint density at radius 3 is 2.58 bits per heavy atom. The van der Waals surface area contributed by atoms with Crippen molar-refractivity contribution in [3.05, 3.63) is 22.5 Å². The van der Waals surface area contributed by atoms with Crippen LogP contribution in [0.4, 0.5) is 0 Å². The number of sulfonamides is 1. The van der Waals surface area contributed by atoms with Crippen LogP contribution in [0.5, 0.6) is 0 Å². The van der Waals surface area contributed by atoms with E-state index in [1.54, 1.807) is 13.8 Å². The molecule has 0 spiro atoms. The van der Waals surface area contributed by atoms with E-state index in [1.807, 2.05) is 0 Å². The fourth-order valence-corrected chi connectivity index (χ4v) is 4.06.